The molecule has 1 aliphatic carbocycles. The number of carbonyl (C=O) groups is 2. The van der Waals surface area contributed by atoms with Gasteiger partial charge in [-0.3, -0.25) is 19.9 Å². The molecule has 8 nitrogen and oxygen atoms in total. The number of guanidine groups is 1. The van der Waals surface area contributed by atoms with Crippen LogP contribution in [-0.2, 0) is 20.5 Å². The molecule has 0 radical (unpaired) electrons. The van der Waals surface area contributed by atoms with Gasteiger partial charge < -0.3 is 20.1 Å². The van der Waals surface area contributed by atoms with Gasteiger partial charge in [0.2, 0.25) is 11.8 Å². The summed E-state index contributed by atoms with van der Waals surface area (Å²) in [6.07, 6.45) is -3.56. The number of amides is 2. The van der Waals surface area contributed by atoms with E-state index in [0.717, 1.165) is 6.07 Å². The van der Waals surface area contributed by atoms with Gasteiger partial charge in [-0.2, -0.15) is 13.2 Å². The summed E-state index contributed by atoms with van der Waals surface area (Å²) in [4.78, 5) is 27.8. The van der Waals surface area contributed by atoms with Crippen molar-refractivity contribution in [2.24, 2.45) is 11.8 Å². The fourth-order valence-corrected chi connectivity index (χ4v) is 5.86. The first-order chi connectivity index (χ1) is 18.5. The lowest BCUT2D eigenvalue weighted by atomic mass is 9.87. The third-order valence-corrected chi connectivity index (χ3v) is 7.76. The van der Waals surface area contributed by atoms with Gasteiger partial charge in [0.25, 0.3) is 0 Å². The molecular weight excluding hydrogens is 532 g/mol. The van der Waals surface area contributed by atoms with Crippen LogP contribution in [0.25, 0.3) is 0 Å². The first-order valence-electron chi connectivity index (χ1n) is 13.2. The smallest absolute Gasteiger partial charge is 0.419 e. The fraction of sp³-hybridized carbons (Fsp3) is 0.607. The number of fused-ring (bicyclic) bond motifs is 1. The summed E-state index contributed by atoms with van der Waals surface area (Å²) in [6, 6.07) is -0.116. The van der Waals surface area contributed by atoms with Crippen molar-refractivity contribution in [1.82, 2.24) is 15.5 Å². The van der Waals surface area contributed by atoms with E-state index in [0.29, 0.717) is 25.5 Å². The van der Waals surface area contributed by atoms with Crippen LogP contribution in [0, 0.1) is 23.1 Å². The van der Waals surface area contributed by atoms with Gasteiger partial charge in [0.05, 0.1) is 17.2 Å². The summed E-state index contributed by atoms with van der Waals surface area (Å²) < 4.78 is 66.8. The van der Waals surface area contributed by atoms with Crippen LogP contribution in [0.15, 0.2) is 24.3 Å². The lowest BCUT2D eigenvalue weighted by molar-refractivity contribution is -0.140. The Morgan fingerprint density at radius 1 is 1.32 bits per heavy atom. The number of hydrogen-bond acceptors (Lipinski definition) is 5. The molecule has 1 aromatic carbocycles. The zero-order chi connectivity index (χ0) is 29.8. The molecule has 2 amide bonds. The average Bonchev–Trinajstić information content (AvgIpc) is 3.58. The van der Waals surface area contributed by atoms with Gasteiger partial charge in [-0.25, -0.2) is 4.39 Å². The third kappa shape index (κ3) is 5.96. The zero-order valence-corrected chi connectivity index (χ0v) is 23.3. The van der Waals surface area contributed by atoms with Crippen molar-refractivity contribution in [2.45, 2.75) is 82.8 Å². The van der Waals surface area contributed by atoms with Crippen LogP contribution in [0.2, 0.25) is 0 Å². The second kappa shape index (κ2) is 10.4. The number of ether oxygens (including phenoxy) is 2. The summed E-state index contributed by atoms with van der Waals surface area (Å²) in [7, 11) is 1.54. The van der Waals surface area contributed by atoms with E-state index in [4.69, 9.17) is 14.9 Å². The molecule has 40 heavy (non-hydrogen) atoms. The summed E-state index contributed by atoms with van der Waals surface area (Å²) in [5.41, 5.74) is -2.93. The minimum absolute atomic E-state index is 0.0138. The standard InChI is InChI=1S/C28H36F4N4O4/c1-14(15-11-16(15)20(9-10-39-6)36-21(37)13-26(2,3)35-25(36)33)24(38)34-19-12-27(4,5)40-23-17(28(30,31)32)7-8-18(29)22(19)23/h7-8,15-16,19-20H,1,9-13H2,2-6H3,(H2,33,35)(H,34,38)/t15-,16+,19?,20+/m0/s1. The molecule has 1 saturated carbocycles. The predicted octanol–water partition coefficient (Wildman–Crippen LogP) is 4.70. The molecule has 4 rings (SSSR count). The number of nitrogens with zero attached hydrogens (tertiary/aromatic N) is 1. The van der Waals surface area contributed by atoms with Crippen LogP contribution >= 0.6 is 0 Å². The average molecular weight is 569 g/mol. The zero-order valence-electron chi connectivity index (χ0n) is 23.3. The largest absolute Gasteiger partial charge is 0.487 e. The van der Waals surface area contributed by atoms with Crippen LogP contribution in [0.1, 0.15) is 70.5 Å². The van der Waals surface area contributed by atoms with Crippen molar-refractivity contribution in [1.29, 1.82) is 5.41 Å². The summed E-state index contributed by atoms with van der Waals surface area (Å²) in [5, 5.41) is 14.2. The highest BCUT2D eigenvalue weighted by Crippen LogP contribution is 2.50. The van der Waals surface area contributed by atoms with E-state index < -0.39 is 52.4 Å². The number of rotatable bonds is 8. The number of nitrogens with one attached hydrogen (secondary N) is 3. The fourth-order valence-electron chi connectivity index (χ4n) is 5.86. The van der Waals surface area contributed by atoms with Gasteiger partial charge in [-0.05, 0) is 64.5 Å². The number of carbonyl (C=O) groups excluding carboxylic acids is 2. The van der Waals surface area contributed by atoms with Crippen molar-refractivity contribution in [2.75, 3.05) is 13.7 Å². The number of hydrogen-bond donors (Lipinski definition) is 3. The van der Waals surface area contributed by atoms with Crippen molar-refractivity contribution >= 4 is 17.8 Å². The summed E-state index contributed by atoms with van der Waals surface area (Å²) in [5.74, 6) is -2.85. The van der Waals surface area contributed by atoms with E-state index in [1.165, 1.54) is 12.0 Å². The van der Waals surface area contributed by atoms with Gasteiger partial charge in [-0.1, -0.05) is 6.58 Å². The molecule has 220 valence electrons. The molecule has 0 spiro atoms. The first-order valence-corrected chi connectivity index (χ1v) is 13.2. The SMILES string of the molecule is C=C(C(=O)NC1CC(C)(C)Oc2c(C(F)(F)F)ccc(F)c21)[C@@H]1C[C@H]1[C@@H](CCOC)N1C(=N)NC(C)(C)CC1=O. The lowest BCUT2D eigenvalue weighted by Gasteiger charge is -2.42. The van der Waals surface area contributed by atoms with Crippen LogP contribution in [0.3, 0.4) is 0 Å². The Labute approximate surface area is 231 Å². The molecule has 1 saturated heterocycles. The Balaban J connectivity index is 1.53. The Morgan fingerprint density at radius 3 is 2.60 bits per heavy atom. The molecule has 4 atom stereocenters. The van der Waals surface area contributed by atoms with Gasteiger partial charge in [0.15, 0.2) is 5.96 Å². The van der Waals surface area contributed by atoms with E-state index >= 15 is 0 Å². The van der Waals surface area contributed by atoms with Gasteiger partial charge >= 0.3 is 6.18 Å². The van der Waals surface area contributed by atoms with Gasteiger partial charge in [0.1, 0.15) is 17.2 Å². The molecular formula is C28H36F4N4O4. The molecule has 0 aromatic heterocycles. The Hall–Kier alpha value is -3.15. The maximum Gasteiger partial charge on any atom is 0.419 e. The predicted molar refractivity (Wildman–Crippen MR) is 139 cm³/mol. The normalized spacial score (nSPS) is 25.8. The van der Waals surface area contributed by atoms with Crippen LogP contribution in [-0.4, -0.2) is 53.6 Å². The maximum absolute atomic E-state index is 14.9. The Bertz CT molecular complexity index is 1210. The molecule has 12 heteroatoms. The topological polar surface area (TPSA) is 104 Å². The minimum Gasteiger partial charge on any atom is -0.487 e. The quantitative estimate of drug-likeness (QED) is 0.312. The van der Waals surface area contributed by atoms with Gasteiger partial charge in [-0.15, -0.1) is 0 Å². The van der Waals surface area contributed by atoms with E-state index in [-0.39, 0.29) is 47.7 Å². The van der Waals surface area contributed by atoms with Crippen molar-refractivity contribution in [3.8, 4) is 5.75 Å². The molecule has 3 N–H and O–H groups in total. The first kappa shape index (κ1) is 29.8. The van der Waals surface area contributed by atoms with E-state index in [1.807, 2.05) is 13.8 Å². The van der Waals surface area contributed by atoms with Crippen LogP contribution < -0.4 is 15.4 Å². The second-order valence-electron chi connectivity index (χ2n) is 12.1. The highest BCUT2D eigenvalue weighted by Gasteiger charge is 2.52. The number of benzene rings is 1. The molecule has 2 aliphatic heterocycles. The van der Waals surface area contributed by atoms with Gasteiger partial charge in [0, 0.05) is 43.7 Å². The van der Waals surface area contributed by atoms with Crippen LogP contribution in [0.5, 0.6) is 5.75 Å². The van der Waals surface area contributed by atoms with Crippen molar-refractivity contribution < 1.29 is 36.6 Å². The van der Waals surface area contributed by atoms with Crippen molar-refractivity contribution in [3.05, 3.63) is 41.2 Å². The highest BCUT2D eigenvalue weighted by molar-refractivity contribution is 5.99. The number of alkyl halides is 3. The number of methoxy groups -OCH3 is 1. The third-order valence-electron chi connectivity index (χ3n) is 7.76. The molecule has 1 unspecified atom stereocenters. The Morgan fingerprint density at radius 2 is 2.00 bits per heavy atom. The second-order valence-corrected chi connectivity index (χ2v) is 12.1. The molecule has 2 heterocycles. The summed E-state index contributed by atoms with van der Waals surface area (Å²) in [6.45, 7) is 11.1. The van der Waals surface area contributed by atoms with E-state index in [9.17, 15) is 27.2 Å². The molecule has 1 aromatic rings. The lowest BCUT2D eigenvalue weighted by Crippen LogP contribution is -2.63. The van der Waals surface area contributed by atoms with E-state index in [1.54, 1.807) is 13.8 Å². The highest BCUT2D eigenvalue weighted by atomic mass is 19.4. The maximum atomic E-state index is 14.9. The van der Waals surface area contributed by atoms with Crippen LogP contribution in [0.4, 0.5) is 17.6 Å². The van der Waals surface area contributed by atoms with E-state index in [2.05, 4.69) is 17.2 Å². The monoisotopic (exact) mass is 568 g/mol. The number of halogens is 4. The summed E-state index contributed by atoms with van der Waals surface area (Å²) >= 11 is 0. The molecule has 3 aliphatic rings. The Kier molecular flexibility index (Phi) is 7.72. The molecule has 2 fully saturated rings. The minimum atomic E-state index is -4.77. The molecule has 0 bridgehead atoms. The van der Waals surface area contributed by atoms with Crippen molar-refractivity contribution in [3.63, 3.8) is 0 Å².